The van der Waals surface area contributed by atoms with E-state index in [0.29, 0.717) is 25.6 Å². The van der Waals surface area contributed by atoms with Crippen LogP contribution in [0.1, 0.15) is 13.8 Å². The van der Waals surface area contributed by atoms with Crippen molar-refractivity contribution in [1.82, 2.24) is 5.32 Å². The van der Waals surface area contributed by atoms with Gasteiger partial charge in [0.25, 0.3) is 0 Å². The number of nitrogens with zero attached hydrogens (tertiary/aromatic N) is 1. The van der Waals surface area contributed by atoms with Gasteiger partial charge < -0.3 is 16.8 Å². The van der Waals surface area contributed by atoms with E-state index in [9.17, 15) is 0 Å². The van der Waals surface area contributed by atoms with Crippen LogP contribution in [0.2, 0.25) is 0 Å². The Morgan fingerprint density at radius 2 is 2.17 bits per heavy atom. The molecule has 5 N–H and O–H groups in total. The van der Waals surface area contributed by atoms with E-state index in [4.69, 9.17) is 11.5 Å². The molecule has 0 aromatic carbocycles. The summed E-state index contributed by atoms with van der Waals surface area (Å²) in [6.07, 6.45) is 2.01. The molecular formula is C8H18N4. The van der Waals surface area contributed by atoms with E-state index in [1.165, 1.54) is 5.57 Å². The first kappa shape index (κ1) is 11.0. The fraction of sp³-hybridized carbons (Fsp3) is 0.625. The third-order valence-corrected chi connectivity index (χ3v) is 1.21. The Morgan fingerprint density at radius 3 is 2.67 bits per heavy atom. The van der Waals surface area contributed by atoms with Crippen LogP contribution in [-0.4, -0.2) is 25.6 Å². The molecule has 0 amide bonds. The van der Waals surface area contributed by atoms with Crippen molar-refractivity contribution in [2.45, 2.75) is 13.8 Å². The van der Waals surface area contributed by atoms with Crippen molar-refractivity contribution in [3.63, 3.8) is 0 Å². The van der Waals surface area contributed by atoms with Crippen LogP contribution in [0.4, 0.5) is 0 Å². The van der Waals surface area contributed by atoms with Crippen LogP contribution in [0.5, 0.6) is 0 Å². The molecule has 0 heterocycles. The lowest BCUT2D eigenvalue weighted by molar-refractivity contribution is 0.863. The summed E-state index contributed by atoms with van der Waals surface area (Å²) in [5.74, 6) is 0.456. The maximum absolute atomic E-state index is 5.50. The highest BCUT2D eigenvalue weighted by atomic mass is 15.1. The first-order valence-corrected chi connectivity index (χ1v) is 4.04. The van der Waals surface area contributed by atoms with Crippen molar-refractivity contribution in [1.29, 1.82) is 0 Å². The maximum atomic E-state index is 5.50. The van der Waals surface area contributed by atoms with E-state index >= 15 is 0 Å². The fourth-order valence-corrected chi connectivity index (χ4v) is 0.583. The van der Waals surface area contributed by atoms with Gasteiger partial charge >= 0.3 is 0 Å². The molecule has 0 aromatic heterocycles. The summed E-state index contributed by atoms with van der Waals surface area (Å²) in [6.45, 7) is 5.92. The molecule has 0 saturated carbocycles. The van der Waals surface area contributed by atoms with Crippen LogP contribution in [0.25, 0.3) is 0 Å². The van der Waals surface area contributed by atoms with Crippen molar-refractivity contribution < 1.29 is 0 Å². The van der Waals surface area contributed by atoms with Crippen LogP contribution in [0, 0.1) is 0 Å². The largest absolute Gasteiger partial charge is 0.370 e. The first-order chi connectivity index (χ1) is 5.66. The molecule has 0 atom stereocenters. The first-order valence-electron chi connectivity index (χ1n) is 4.04. The third kappa shape index (κ3) is 7.08. The monoisotopic (exact) mass is 170 g/mol. The second kappa shape index (κ2) is 6.67. The number of aliphatic imine (C=N–C) groups is 1. The number of guanidine groups is 1. The molecule has 0 saturated heterocycles. The fourth-order valence-electron chi connectivity index (χ4n) is 0.583. The number of rotatable bonds is 4. The van der Waals surface area contributed by atoms with E-state index in [1.807, 2.05) is 19.9 Å². The average Bonchev–Trinajstić information content (AvgIpc) is 2.00. The Morgan fingerprint density at radius 1 is 1.50 bits per heavy atom. The van der Waals surface area contributed by atoms with Crippen molar-refractivity contribution in [3.8, 4) is 0 Å². The Labute approximate surface area is 73.7 Å². The van der Waals surface area contributed by atoms with E-state index < -0.39 is 0 Å². The molecule has 0 unspecified atom stereocenters. The molecule has 0 radical (unpaired) electrons. The van der Waals surface area contributed by atoms with E-state index in [2.05, 4.69) is 10.3 Å². The normalized spacial score (nSPS) is 11.1. The third-order valence-electron chi connectivity index (χ3n) is 1.21. The summed E-state index contributed by atoms with van der Waals surface area (Å²) in [7, 11) is 0. The highest BCUT2D eigenvalue weighted by Crippen LogP contribution is 1.86. The predicted octanol–water partition coefficient (Wildman–Crippen LogP) is -0.184. The smallest absolute Gasteiger partial charge is 0.188 e. The van der Waals surface area contributed by atoms with Gasteiger partial charge in [-0.15, -0.1) is 0 Å². The van der Waals surface area contributed by atoms with Crippen LogP contribution in [0.3, 0.4) is 0 Å². The molecule has 70 valence electrons. The molecule has 4 nitrogen and oxygen atoms in total. The molecule has 0 aliphatic rings. The molecule has 0 fully saturated rings. The lowest BCUT2D eigenvalue weighted by atomic mass is 10.3. The number of hydrogen-bond donors (Lipinski definition) is 3. The minimum Gasteiger partial charge on any atom is -0.370 e. The van der Waals surface area contributed by atoms with E-state index in [-0.39, 0.29) is 0 Å². The summed E-state index contributed by atoms with van der Waals surface area (Å²) in [5.41, 5.74) is 12.0. The van der Waals surface area contributed by atoms with Crippen LogP contribution >= 0.6 is 0 Å². The Hall–Kier alpha value is -1.03. The van der Waals surface area contributed by atoms with Gasteiger partial charge in [-0.1, -0.05) is 11.6 Å². The van der Waals surface area contributed by atoms with Crippen LogP contribution in [0.15, 0.2) is 16.6 Å². The zero-order valence-electron chi connectivity index (χ0n) is 7.80. The number of hydrogen-bond acceptors (Lipinski definition) is 2. The van der Waals surface area contributed by atoms with Crippen molar-refractivity contribution >= 4 is 5.96 Å². The van der Waals surface area contributed by atoms with Crippen molar-refractivity contribution in [2.75, 3.05) is 19.6 Å². The summed E-state index contributed by atoms with van der Waals surface area (Å²) >= 11 is 0. The van der Waals surface area contributed by atoms with Crippen LogP contribution in [-0.2, 0) is 0 Å². The van der Waals surface area contributed by atoms with E-state index in [0.717, 1.165) is 0 Å². The number of nitrogens with two attached hydrogens (primary N) is 2. The molecular weight excluding hydrogens is 152 g/mol. The average molecular weight is 170 g/mol. The standard InChI is InChI=1S/C8H18N4/c1-7(2)3-5-11-8(10)12-6-4-9/h3H,4-6,9H2,1-2H3,(H3,10,11,12). The molecule has 0 aliphatic heterocycles. The van der Waals surface area contributed by atoms with E-state index in [1.54, 1.807) is 0 Å². The minimum absolute atomic E-state index is 0.456. The lowest BCUT2D eigenvalue weighted by Crippen LogP contribution is -2.35. The van der Waals surface area contributed by atoms with Gasteiger partial charge in [0.15, 0.2) is 5.96 Å². The quantitative estimate of drug-likeness (QED) is 0.311. The Balaban J connectivity index is 3.61. The summed E-state index contributed by atoms with van der Waals surface area (Å²) in [5, 5.41) is 2.88. The van der Waals surface area contributed by atoms with Crippen molar-refractivity contribution in [3.05, 3.63) is 11.6 Å². The number of nitrogens with one attached hydrogen (secondary N) is 1. The predicted molar refractivity (Wildman–Crippen MR) is 53.0 cm³/mol. The minimum atomic E-state index is 0.456. The van der Waals surface area contributed by atoms with Gasteiger partial charge in [0.2, 0.25) is 0 Å². The second-order valence-electron chi connectivity index (χ2n) is 2.72. The molecule has 0 bridgehead atoms. The molecule has 0 aliphatic carbocycles. The van der Waals surface area contributed by atoms with Gasteiger partial charge in [0, 0.05) is 13.1 Å². The second-order valence-corrected chi connectivity index (χ2v) is 2.72. The van der Waals surface area contributed by atoms with Gasteiger partial charge in [-0.05, 0) is 13.8 Å². The van der Waals surface area contributed by atoms with Crippen LogP contribution < -0.4 is 16.8 Å². The maximum Gasteiger partial charge on any atom is 0.188 e. The number of allylic oxidation sites excluding steroid dienone is 1. The molecule has 0 rings (SSSR count). The molecule has 4 heteroatoms. The van der Waals surface area contributed by atoms with Gasteiger partial charge in [-0.25, -0.2) is 4.99 Å². The SMILES string of the molecule is CC(C)=CCN=C(N)NCCN. The summed E-state index contributed by atoms with van der Waals surface area (Å²) < 4.78 is 0. The topological polar surface area (TPSA) is 76.4 Å². The van der Waals surface area contributed by atoms with Gasteiger partial charge in [-0.2, -0.15) is 0 Å². The zero-order chi connectivity index (χ0) is 9.40. The Kier molecular flexibility index (Phi) is 6.09. The highest BCUT2D eigenvalue weighted by Gasteiger charge is 1.86. The van der Waals surface area contributed by atoms with Crippen molar-refractivity contribution in [2.24, 2.45) is 16.5 Å². The van der Waals surface area contributed by atoms with Gasteiger partial charge in [-0.3, -0.25) is 0 Å². The zero-order valence-corrected chi connectivity index (χ0v) is 7.80. The summed E-state index contributed by atoms with van der Waals surface area (Å²) in [4.78, 5) is 4.05. The van der Waals surface area contributed by atoms with Gasteiger partial charge in [0.1, 0.15) is 0 Å². The highest BCUT2D eigenvalue weighted by molar-refractivity contribution is 5.77. The molecule has 0 aromatic rings. The lowest BCUT2D eigenvalue weighted by Gasteiger charge is -2.01. The molecule has 12 heavy (non-hydrogen) atoms. The Bertz CT molecular complexity index is 168. The van der Waals surface area contributed by atoms with Gasteiger partial charge in [0.05, 0.1) is 6.54 Å². The molecule has 0 spiro atoms. The summed E-state index contributed by atoms with van der Waals surface area (Å²) in [6, 6.07) is 0.